The van der Waals surface area contributed by atoms with E-state index in [4.69, 9.17) is 0 Å². The summed E-state index contributed by atoms with van der Waals surface area (Å²) in [5.74, 6) is -0.661. The van der Waals surface area contributed by atoms with E-state index in [-0.39, 0.29) is 12.2 Å². The lowest BCUT2D eigenvalue weighted by molar-refractivity contribution is -0.142. The molecular weight excluding hydrogens is 254 g/mol. The smallest absolute Gasteiger partial charge is 0.324 e. The van der Waals surface area contributed by atoms with E-state index >= 15 is 0 Å². The highest BCUT2D eigenvalue weighted by atomic mass is 32.2. The molecule has 5 nitrogen and oxygen atoms in total. The van der Waals surface area contributed by atoms with Crippen molar-refractivity contribution in [3.05, 3.63) is 35.9 Å². The summed E-state index contributed by atoms with van der Waals surface area (Å²) in [6.45, 7) is 1.51. The number of carbonyl (C=O) groups excluding carboxylic acids is 1. The van der Waals surface area contributed by atoms with Gasteiger partial charge in [0, 0.05) is 0 Å². The highest BCUT2D eigenvalue weighted by molar-refractivity contribution is 7.89. The van der Waals surface area contributed by atoms with Gasteiger partial charge in [-0.3, -0.25) is 4.79 Å². The Morgan fingerprint density at radius 2 is 1.94 bits per heavy atom. The molecule has 0 saturated carbocycles. The van der Waals surface area contributed by atoms with Gasteiger partial charge < -0.3 is 4.74 Å². The minimum atomic E-state index is -3.44. The molecule has 1 aromatic carbocycles. The summed E-state index contributed by atoms with van der Waals surface area (Å²) in [6, 6.07) is 8.29. The zero-order valence-corrected chi connectivity index (χ0v) is 11.2. The van der Waals surface area contributed by atoms with Crippen LogP contribution in [0.15, 0.2) is 30.3 Å². The highest BCUT2D eigenvalue weighted by Crippen LogP contribution is 2.05. The molecule has 0 spiro atoms. The van der Waals surface area contributed by atoms with Crippen LogP contribution in [0, 0.1) is 0 Å². The van der Waals surface area contributed by atoms with Crippen molar-refractivity contribution in [2.24, 2.45) is 0 Å². The number of ether oxygens (including phenoxy) is 1. The second-order valence-electron chi connectivity index (χ2n) is 3.79. The van der Waals surface area contributed by atoms with Crippen LogP contribution in [0.5, 0.6) is 0 Å². The molecule has 18 heavy (non-hydrogen) atoms. The third-order valence-corrected chi connectivity index (χ3v) is 3.87. The lowest BCUT2D eigenvalue weighted by Crippen LogP contribution is -2.43. The minimum absolute atomic E-state index is 0.0741. The Morgan fingerprint density at radius 3 is 2.44 bits per heavy atom. The Morgan fingerprint density at radius 1 is 1.33 bits per heavy atom. The van der Waals surface area contributed by atoms with Crippen molar-refractivity contribution in [1.29, 1.82) is 0 Å². The van der Waals surface area contributed by atoms with Gasteiger partial charge in [-0.1, -0.05) is 30.3 Å². The first-order chi connectivity index (χ1) is 8.48. The van der Waals surface area contributed by atoms with Crippen molar-refractivity contribution in [2.75, 3.05) is 12.9 Å². The van der Waals surface area contributed by atoms with Gasteiger partial charge in [0.1, 0.15) is 6.04 Å². The maximum Gasteiger partial charge on any atom is 0.324 e. The molecule has 1 atom stereocenters. The number of nitrogens with one attached hydrogen (secondary N) is 1. The predicted octanol–water partition coefficient (Wildman–Crippen LogP) is 0.710. The van der Waals surface area contributed by atoms with Crippen molar-refractivity contribution in [3.63, 3.8) is 0 Å². The Balaban J connectivity index is 2.83. The molecule has 0 amide bonds. The highest BCUT2D eigenvalue weighted by Gasteiger charge is 2.24. The Labute approximate surface area is 107 Å². The quantitative estimate of drug-likeness (QED) is 0.773. The molecule has 0 aliphatic carbocycles. The third-order valence-electron chi connectivity index (χ3n) is 2.47. The molecule has 0 aliphatic heterocycles. The van der Waals surface area contributed by atoms with Gasteiger partial charge in [0.2, 0.25) is 10.0 Å². The number of esters is 1. The fraction of sp³-hybridized carbons (Fsp3) is 0.417. The van der Waals surface area contributed by atoms with Crippen LogP contribution in [0.1, 0.15) is 12.5 Å². The van der Waals surface area contributed by atoms with Crippen LogP contribution in [-0.2, 0) is 26.0 Å². The maximum atomic E-state index is 11.6. The Hall–Kier alpha value is -1.40. The van der Waals surface area contributed by atoms with Gasteiger partial charge in [-0.05, 0) is 18.9 Å². The van der Waals surface area contributed by atoms with Crippen molar-refractivity contribution < 1.29 is 17.9 Å². The zero-order valence-electron chi connectivity index (χ0n) is 10.4. The van der Waals surface area contributed by atoms with Gasteiger partial charge in [-0.25, -0.2) is 13.1 Å². The summed E-state index contributed by atoms with van der Waals surface area (Å²) in [5, 5.41) is 0. The maximum absolute atomic E-state index is 11.6. The lowest BCUT2D eigenvalue weighted by atomic mass is 10.1. The van der Waals surface area contributed by atoms with Gasteiger partial charge in [0.05, 0.1) is 12.9 Å². The number of carbonyl (C=O) groups is 1. The van der Waals surface area contributed by atoms with Crippen molar-refractivity contribution in [2.45, 2.75) is 19.4 Å². The number of rotatable bonds is 6. The first-order valence-corrected chi connectivity index (χ1v) is 7.25. The molecule has 6 heteroatoms. The SMILES string of the molecule is CCS(=O)(=O)NC(Cc1ccccc1)C(=O)OC. The number of hydrogen-bond donors (Lipinski definition) is 1. The average Bonchev–Trinajstić information content (AvgIpc) is 2.38. The molecule has 1 rings (SSSR count). The molecule has 0 fully saturated rings. The molecule has 100 valence electrons. The molecule has 0 aromatic heterocycles. The van der Waals surface area contributed by atoms with Gasteiger partial charge >= 0.3 is 5.97 Å². The van der Waals surface area contributed by atoms with E-state index in [1.54, 1.807) is 0 Å². The van der Waals surface area contributed by atoms with E-state index in [0.29, 0.717) is 0 Å². The van der Waals surface area contributed by atoms with Gasteiger partial charge in [0.15, 0.2) is 0 Å². The Kier molecular flexibility index (Phi) is 5.30. The van der Waals surface area contributed by atoms with Crippen LogP contribution >= 0.6 is 0 Å². The summed E-state index contributed by atoms with van der Waals surface area (Å²) in [4.78, 5) is 11.6. The molecule has 1 N–H and O–H groups in total. The van der Waals surface area contributed by atoms with Crippen LogP contribution < -0.4 is 4.72 Å². The van der Waals surface area contributed by atoms with Gasteiger partial charge in [-0.15, -0.1) is 0 Å². The van der Waals surface area contributed by atoms with E-state index in [1.807, 2.05) is 30.3 Å². The van der Waals surface area contributed by atoms with Crippen LogP contribution in [0.25, 0.3) is 0 Å². The summed E-state index contributed by atoms with van der Waals surface area (Å²) >= 11 is 0. The minimum Gasteiger partial charge on any atom is -0.468 e. The molecule has 0 radical (unpaired) electrons. The fourth-order valence-electron chi connectivity index (χ4n) is 1.47. The van der Waals surface area contributed by atoms with Crippen molar-refractivity contribution in [3.8, 4) is 0 Å². The summed E-state index contributed by atoms with van der Waals surface area (Å²) in [5.41, 5.74) is 0.867. The van der Waals surface area contributed by atoms with Gasteiger partial charge in [0.25, 0.3) is 0 Å². The van der Waals surface area contributed by atoms with Gasteiger partial charge in [-0.2, -0.15) is 0 Å². The predicted molar refractivity (Wildman–Crippen MR) is 68.5 cm³/mol. The molecule has 0 heterocycles. The van der Waals surface area contributed by atoms with Crippen molar-refractivity contribution >= 4 is 16.0 Å². The van der Waals surface area contributed by atoms with E-state index < -0.39 is 22.0 Å². The summed E-state index contributed by atoms with van der Waals surface area (Å²) < 4.78 is 30.0. The second-order valence-corrected chi connectivity index (χ2v) is 5.83. The van der Waals surface area contributed by atoms with Crippen molar-refractivity contribution in [1.82, 2.24) is 4.72 Å². The molecule has 0 saturated heterocycles. The number of hydrogen-bond acceptors (Lipinski definition) is 4. The van der Waals surface area contributed by atoms with E-state index in [9.17, 15) is 13.2 Å². The normalized spacial score (nSPS) is 13.0. The number of benzene rings is 1. The number of sulfonamides is 1. The largest absolute Gasteiger partial charge is 0.468 e. The van der Waals surface area contributed by atoms with Crippen LogP contribution in [-0.4, -0.2) is 33.3 Å². The van der Waals surface area contributed by atoms with Crippen LogP contribution in [0.2, 0.25) is 0 Å². The third kappa shape index (κ3) is 4.46. The van der Waals surface area contributed by atoms with Crippen LogP contribution in [0.3, 0.4) is 0 Å². The Bertz CT molecular complexity index is 484. The van der Waals surface area contributed by atoms with E-state index in [1.165, 1.54) is 14.0 Å². The molecule has 1 aromatic rings. The molecule has 1 unspecified atom stereocenters. The summed E-state index contributed by atoms with van der Waals surface area (Å²) in [7, 11) is -2.21. The molecular formula is C12H17NO4S. The molecule has 0 bridgehead atoms. The summed E-state index contributed by atoms with van der Waals surface area (Å²) in [6.07, 6.45) is 0.271. The number of methoxy groups -OCH3 is 1. The average molecular weight is 271 g/mol. The monoisotopic (exact) mass is 271 g/mol. The zero-order chi connectivity index (χ0) is 13.6. The first kappa shape index (κ1) is 14.7. The van der Waals surface area contributed by atoms with Crippen LogP contribution in [0.4, 0.5) is 0 Å². The topological polar surface area (TPSA) is 72.5 Å². The lowest BCUT2D eigenvalue weighted by Gasteiger charge is -2.16. The molecule has 0 aliphatic rings. The first-order valence-electron chi connectivity index (χ1n) is 5.60. The fourth-order valence-corrected chi connectivity index (χ4v) is 2.24. The van der Waals surface area contributed by atoms with E-state index in [2.05, 4.69) is 9.46 Å². The van der Waals surface area contributed by atoms with E-state index in [0.717, 1.165) is 5.56 Å². The standard InChI is InChI=1S/C12H17NO4S/c1-3-18(15,16)13-11(12(14)17-2)9-10-7-5-4-6-8-10/h4-8,11,13H,3,9H2,1-2H3. The second kappa shape index (κ2) is 6.51.